The van der Waals surface area contributed by atoms with Crippen LogP contribution in [-0.4, -0.2) is 23.9 Å². The van der Waals surface area contributed by atoms with Gasteiger partial charge in [0.15, 0.2) is 0 Å². The molecule has 2 aromatic rings. The summed E-state index contributed by atoms with van der Waals surface area (Å²) in [6, 6.07) is 16.9. The van der Waals surface area contributed by atoms with Crippen LogP contribution in [0.25, 0.3) is 12.2 Å². The monoisotopic (exact) mass is 458 g/mol. The van der Waals surface area contributed by atoms with E-state index in [1.807, 2.05) is 36.4 Å². The summed E-state index contributed by atoms with van der Waals surface area (Å²) in [6.07, 6.45) is 10.4. The van der Waals surface area contributed by atoms with E-state index < -0.39 is 0 Å². The minimum absolute atomic E-state index is 0.0631. The van der Waals surface area contributed by atoms with Gasteiger partial charge >= 0.3 is 0 Å². The Bertz CT molecular complexity index is 910. The smallest absolute Gasteiger partial charge is 0.244 e. The first-order chi connectivity index (χ1) is 16.3. The Morgan fingerprint density at radius 3 is 1.26 bits per heavy atom. The van der Waals surface area contributed by atoms with Gasteiger partial charge in [-0.1, -0.05) is 76.2 Å². The molecule has 0 heterocycles. The van der Waals surface area contributed by atoms with Gasteiger partial charge in [-0.25, -0.2) is 0 Å². The fourth-order valence-electron chi connectivity index (χ4n) is 4.21. The zero-order chi connectivity index (χ0) is 24.5. The molecule has 1 saturated carbocycles. The number of rotatable bonds is 8. The molecule has 1 aliphatic carbocycles. The lowest BCUT2D eigenvalue weighted by Crippen LogP contribution is -2.43. The number of hydrogen-bond acceptors (Lipinski definition) is 2. The number of benzene rings is 2. The van der Waals surface area contributed by atoms with E-state index in [-0.39, 0.29) is 23.9 Å². The van der Waals surface area contributed by atoms with Gasteiger partial charge in [0, 0.05) is 24.2 Å². The summed E-state index contributed by atoms with van der Waals surface area (Å²) in [5.74, 6) is 0.872. The molecule has 34 heavy (non-hydrogen) atoms. The van der Waals surface area contributed by atoms with E-state index in [1.54, 1.807) is 12.2 Å². The third-order valence-electron chi connectivity index (χ3n) is 6.48. The maximum atomic E-state index is 12.3. The van der Waals surface area contributed by atoms with Gasteiger partial charge in [0.05, 0.1) is 0 Å². The molecule has 2 aromatic carbocycles. The fourth-order valence-corrected chi connectivity index (χ4v) is 4.21. The van der Waals surface area contributed by atoms with Crippen molar-refractivity contribution in [2.75, 3.05) is 0 Å². The van der Waals surface area contributed by atoms with E-state index >= 15 is 0 Å². The Hall–Kier alpha value is -3.14. The number of nitrogens with one attached hydrogen (secondary N) is 2. The van der Waals surface area contributed by atoms with E-state index in [1.165, 1.54) is 11.1 Å². The van der Waals surface area contributed by atoms with Crippen LogP contribution in [0, 0.1) is 0 Å². The highest BCUT2D eigenvalue weighted by molar-refractivity contribution is 5.92. The zero-order valence-corrected chi connectivity index (χ0v) is 20.9. The summed E-state index contributed by atoms with van der Waals surface area (Å²) in [5, 5.41) is 6.20. The summed E-state index contributed by atoms with van der Waals surface area (Å²) < 4.78 is 0. The fraction of sp³-hybridized carbons (Fsp3) is 0.400. The average molecular weight is 459 g/mol. The van der Waals surface area contributed by atoms with Gasteiger partial charge in [0.25, 0.3) is 0 Å². The van der Waals surface area contributed by atoms with Crippen molar-refractivity contribution in [3.63, 3.8) is 0 Å². The molecule has 0 spiro atoms. The molecule has 4 heteroatoms. The normalized spacial score (nSPS) is 18.6. The van der Waals surface area contributed by atoms with Gasteiger partial charge in [-0.3, -0.25) is 9.59 Å². The van der Waals surface area contributed by atoms with Crippen molar-refractivity contribution < 1.29 is 9.59 Å². The van der Waals surface area contributed by atoms with E-state index in [9.17, 15) is 9.59 Å². The SMILES string of the molecule is CC(C)c1ccc(C=CC(=O)NC2CCC(NC(=O)C=Cc3ccc(C(C)C)cc3)CC2)cc1. The second kappa shape index (κ2) is 12.4. The number of carbonyl (C=O) groups excluding carboxylic acids is 2. The topological polar surface area (TPSA) is 58.2 Å². The maximum Gasteiger partial charge on any atom is 0.244 e. The van der Waals surface area contributed by atoms with Gasteiger partial charge in [-0.05, 0) is 71.9 Å². The Kier molecular flexibility index (Phi) is 9.26. The molecule has 1 fully saturated rings. The molecule has 2 amide bonds. The molecular weight excluding hydrogens is 420 g/mol. The molecule has 0 aromatic heterocycles. The van der Waals surface area contributed by atoms with Crippen LogP contribution in [0.4, 0.5) is 0 Å². The van der Waals surface area contributed by atoms with Crippen molar-refractivity contribution in [3.05, 3.63) is 82.9 Å². The molecule has 2 N–H and O–H groups in total. The van der Waals surface area contributed by atoms with Crippen molar-refractivity contribution in [3.8, 4) is 0 Å². The van der Waals surface area contributed by atoms with Crippen molar-refractivity contribution in [1.29, 1.82) is 0 Å². The summed E-state index contributed by atoms with van der Waals surface area (Å²) in [6.45, 7) is 8.67. The third-order valence-corrected chi connectivity index (χ3v) is 6.48. The predicted molar refractivity (Wildman–Crippen MR) is 141 cm³/mol. The van der Waals surface area contributed by atoms with Crippen LogP contribution in [0.1, 0.15) is 87.5 Å². The molecule has 0 radical (unpaired) electrons. The Balaban J connectivity index is 1.38. The second-order valence-corrected chi connectivity index (χ2v) is 9.88. The lowest BCUT2D eigenvalue weighted by atomic mass is 9.91. The summed E-state index contributed by atoms with van der Waals surface area (Å²) in [5.41, 5.74) is 4.63. The molecule has 4 nitrogen and oxygen atoms in total. The molecule has 0 atom stereocenters. The Morgan fingerprint density at radius 1 is 0.647 bits per heavy atom. The van der Waals surface area contributed by atoms with Crippen LogP contribution in [0.3, 0.4) is 0 Å². The number of hydrogen-bond donors (Lipinski definition) is 2. The van der Waals surface area contributed by atoms with Gasteiger partial charge in [0.2, 0.25) is 11.8 Å². The minimum atomic E-state index is -0.0631. The van der Waals surface area contributed by atoms with Crippen molar-refractivity contribution in [1.82, 2.24) is 10.6 Å². The van der Waals surface area contributed by atoms with Crippen LogP contribution < -0.4 is 10.6 Å². The van der Waals surface area contributed by atoms with Gasteiger partial charge in [-0.15, -0.1) is 0 Å². The largest absolute Gasteiger partial charge is 0.350 e. The zero-order valence-electron chi connectivity index (χ0n) is 20.9. The van der Waals surface area contributed by atoms with Crippen molar-refractivity contribution in [2.24, 2.45) is 0 Å². The first-order valence-corrected chi connectivity index (χ1v) is 12.5. The van der Waals surface area contributed by atoms with Crippen molar-refractivity contribution >= 4 is 24.0 Å². The van der Waals surface area contributed by atoms with Crippen LogP contribution in [0.15, 0.2) is 60.7 Å². The Labute approximate surface area is 204 Å². The number of carbonyl (C=O) groups is 2. The van der Waals surface area contributed by atoms with Gasteiger partial charge in [-0.2, -0.15) is 0 Å². The molecular formula is C30H38N2O2. The van der Waals surface area contributed by atoms with E-state index in [2.05, 4.69) is 62.6 Å². The van der Waals surface area contributed by atoms with Gasteiger partial charge < -0.3 is 10.6 Å². The van der Waals surface area contributed by atoms with Crippen LogP contribution in [0.2, 0.25) is 0 Å². The van der Waals surface area contributed by atoms with Crippen LogP contribution in [-0.2, 0) is 9.59 Å². The lowest BCUT2D eigenvalue weighted by molar-refractivity contribution is -0.118. The highest BCUT2D eigenvalue weighted by Crippen LogP contribution is 2.20. The van der Waals surface area contributed by atoms with Crippen molar-refractivity contribution in [2.45, 2.75) is 77.3 Å². The first-order valence-electron chi connectivity index (χ1n) is 12.5. The standard InChI is InChI=1S/C30H38N2O2/c1-21(2)25-11-5-23(6-12-25)9-19-29(33)31-27-15-17-28(18-16-27)32-30(34)20-10-24-7-13-26(14-8-24)22(3)4/h5-14,19-22,27-28H,15-18H2,1-4H3,(H,31,33)(H,32,34). The molecule has 3 rings (SSSR count). The predicted octanol–water partition coefficient (Wildman–Crippen LogP) is 6.20. The highest BCUT2D eigenvalue weighted by Gasteiger charge is 2.22. The molecule has 0 bridgehead atoms. The molecule has 0 saturated heterocycles. The summed E-state index contributed by atoms with van der Waals surface area (Å²) in [7, 11) is 0. The number of amides is 2. The molecule has 180 valence electrons. The summed E-state index contributed by atoms with van der Waals surface area (Å²) >= 11 is 0. The third kappa shape index (κ3) is 8.02. The van der Waals surface area contributed by atoms with E-state index in [4.69, 9.17) is 0 Å². The van der Waals surface area contributed by atoms with E-state index in [0.717, 1.165) is 36.8 Å². The quantitative estimate of drug-likeness (QED) is 0.463. The lowest BCUT2D eigenvalue weighted by Gasteiger charge is -2.29. The Morgan fingerprint density at radius 2 is 0.971 bits per heavy atom. The van der Waals surface area contributed by atoms with Crippen LogP contribution >= 0.6 is 0 Å². The first kappa shape index (κ1) is 25.5. The van der Waals surface area contributed by atoms with Crippen LogP contribution in [0.5, 0.6) is 0 Å². The van der Waals surface area contributed by atoms with E-state index in [0.29, 0.717) is 11.8 Å². The minimum Gasteiger partial charge on any atom is -0.350 e. The molecule has 0 unspecified atom stereocenters. The molecule has 1 aliphatic rings. The summed E-state index contributed by atoms with van der Waals surface area (Å²) in [4.78, 5) is 24.6. The maximum absolute atomic E-state index is 12.3. The second-order valence-electron chi connectivity index (χ2n) is 9.88. The van der Waals surface area contributed by atoms with Gasteiger partial charge in [0.1, 0.15) is 0 Å². The molecule has 0 aliphatic heterocycles. The average Bonchev–Trinajstić information content (AvgIpc) is 2.83. The highest BCUT2D eigenvalue weighted by atomic mass is 16.2.